The minimum absolute atomic E-state index is 0.00233. The number of aromatic nitrogens is 2. The van der Waals surface area contributed by atoms with Crippen molar-refractivity contribution in [1.82, 2.24) is 9.97 Å². The van der Waals surface area contributed by atoms with Crippen LogP contribution < -0.4 is 5.32 Å². The van der Waals surface area contributed by atoms with Gasteiger partial charge in [0, 0.05) is 6.54 Å². The van der Waals surface area contributed by atoms with Crippen LogP contribution in [0.15, 0.2) is 0 Å². The minimum Gasteiger partial charge on any atom is -0.461 e. The number of thiophene rings is 1. The molecule has 0 unspecified atom stereocenters. The topological polar surface area (TPSA) is 93.6 Å². The number of fused-ring (bicyclic) bond motifs is 1. The third-order valence-corrected chi connectivity index (χ3v) is 4.58. The van der Waals surface area contributed by atoms with Crippen LogP contribution in [0.3, 0.4) is 0 Å². The van der Waals surface area contributed by atoms with Gasteiger partial charge in [-0.3, -0.25) is 0 Å². The van der Waals surface area contributed by atoms with E-state index in [0.717, 1.165) is 15.8 Å². The van der Waals surface area contributed by atoms with E-state index in [1.165, 1.54) is 11.3 Å². The maximum Gasteiger partial charge on any atom is 0.348 e. The van der Waals surface area contributed by atoms with Crippen LogP contribution in [0.5, 0.6) is 0 Å². The van der Waals surface area contributed by atoms with Crippen LogP contribution in [-0.4, -0.2) is 54.0 Å². The molecule has 0 radical (unpaired) electrons. The molecule has 2 aromatic rings. The van der Waals surface area contributed by atoms with Crippen LogP contribution in [0.2, 0.25) is 0 Å². The van der Waals surface area contributed by atoms with Gasteiger partial charge in [0.2, 0.25) is 0 Å². The van der Waals surface area contributed by atoms with E-state index >= 15 is 0 Å². The van der Waals surface area contributed by atoms with Gasteiger partial charge in [0.1, 0.15) is 21.3 Å². The number of aliphatic hydroxyl groups excluding tert-OH is 1. The zero-order valence-electron chi connectivity index (χ0n) is 15.1. The molecule has 2 aromatic heterocycles. The normalized spacial score (nSPS) is 11.3. The first-order chi connectivity index (χ1) is 11.9. The molecule has 0 aliphatic rings. The van der Waals surface area contributed by atoms with Gasteiger partial charge in [-0.2, -0.15) is 0 Å². The molecule has 7 nitrogen and oxygen atoms in total. The number of nitrogens with one attached hydrogen (secondary N) is 1. The van der Waals surface area contributed by atoms with Crippen LogP contribution in [0.25, 0.3) is 10.2 Å². The lowest BCUT2D eigenvalue weighted by atomic mass is 10.2. The third kappa shape index (κ3) is 5.10. The molecule has 0 saturated heterocycles. The van der Waals surface area contributed by atoms with E-state index in [2.05, 4.69) is 15.3 Å². The quantitative estimate of drug-likeness (QED) is 0.519. The second-order valence-corrected chi connectivity index (χ2v) is 7.11. The number of carbonyl (C=O) groups is 1. The Labute approximate surface area is 151 Å². The Bertz CT molecular complexity index is 730. The fraction of sp³-hybridized carbons (Fsp3) is 0.588. The van der Waals surface area contributed by atoms with E-state index in [1.54, 1.807) is 0 Å². The summed E-state index contributed by atoms with van der Waals surface area (Å²) in [4.78, 5) is 22.6. The Morgan fingerprint density at radius 2 is 2.04 bits per heavy atom. The van der Waals surface area contributed by atoms with Crippen LogP contribution in [-0.2, 0) is 9.47 Å². The molecule has 0 bridgehead atoms. The highest BCUT2D eigenvalue weighted by atomic mass is 32.1. The Morgan fingerprint density at radius 3 is 2.72 bits per heavy atom. The number of rotatable bonds is 9. The van der Waals surface area contributed by atoms with Crippen LogP contribution in [0, 0.1) is 19.8 Å². The molecule has 0 amide bonds. The van der Waals surface area contributed by atoms with E-state index in [-0.39, 0.29) is 18.5 Å². The largest absolute Gasteiger partial charge is 0.461 e. The fourth-order valence-corrected chi connectivity index (χ4v) is 3.40. The van der Waals surface area contributed by atoms with E-state index in [0.29, 0.717) is 42.9 Å². The highest BCUT2D eigenvalue weighted by Crippen LogP contribution is 2.34. The third-order valence-electron chi connectivity index (χ3n) is 3.41. The molecular weight excluding hydrogens is 342 g/mol. The van der Waals surface area contributed by atoms with Crippen molar-refractivity contribution in [2.45, 2.75) is 27.7 Å². The van der Waals surface area contributed by atoms with E-state index in [9.17, 15) is 4.79 Å². The van der Waals surface area contributed by atoms with Crippen molar-refractivity contribution in [2.24, 2.45) is 5.92 Å². The molecule has 0 fully saturated rings. The lowest BCUT2D eigenvalue weighted by Gasteiger charge is -2.09. The molecule has 2 heterocycles. The first-order valence-electron chi connectivity index (χ1n) is 8.31. The second-order valence-electron chi connectivity index (χ2n) is 6.11. The first-order valence-corrected chi connectivity index (χ1v) is 9.13. The molecule has 0 aromatic carbocycles. The highest BCUT2D eigenvalue weighted by Gasteiger charge is 2.21. The van der Waals surface area contributed by atoms with Crippen molar-refractivity contribution < 1.29 is 19.4 Å². The summed E-state index contributed by atoms with van der Waals surface area (Å²) in [5, 5.41) is 12.8. The summed E-state index contributed by atoms with van der Waals surface area (Å²) in [5.74, 6) is 1.29. The van der Waals surface area contributed by atoms with Crippen LogP contribution in [0.4, 0.5) is 5.82 Å². The van der Waals surface area contributed by atoms with Gasteiger partial charge in [-0.1, -0.05) is 13.8 Å². The van der Waals surface area contributed by atoms with Gasteiger partial charge in [0.25, 0.3) is 0 Å². The van der Waals surface area contributed by atoms with Crippen molar-refractivity contribution in [1.29, 1.82) is 0 Å². The van der Waals surface area contributed by atoms with Gasteiger partial charge in [-0.05, 0) is 25.3 Å². The maximum atomic E-state index is 12.3. The summed E-state index contributed by atoms with van der Waals surface area (Å²) in [7, 11) is 0. The first kappa shape index (κ1) is 19.6. The van der Waals surface area contributed by atoms with Gasteiger partial charge in [0.05, 0.1) is 31.8 Å². The van der Waals surface area contributed by atoms with E-state index in [1.807, 2.05) is 27.7 Å². The Morgan fingerprint density at radius 1 is 1.28 bits per heavy atom. The van der Waals surface area contributed by atoms with Crippen molar-refractivity contribution in [3.63, 3.8) is 0 Å². The zero-order chi connectivity index (χ0) is 18.4. The number of anilines is 1. The van der Waals surface area contributed by atoms with E-state index in [4.69, 9.17) is 14.6 Å². The standard InChI is InChI=1S/C17H25N3O4S/c1-10(2)9-24-17(22)14-11(3)13-15(18-5-7-23-8-6-21)19-12(4)20-16(13)25-14/h10,21H,5-9H2,1-4H3,(H,18,19,20). The summed E-state index contributed by atoms with van der Waals surface area (Å²) in [6.07, 6.45) is 0. The molecule has 0 saturated carbocycles. The number of aliphatic hydroxyl groups is 1. The molecule has 0 spiro atoms. The maximum absolute atomic E-state index is 12.3. The summed E-state index contributed by atoms with van der Waals surface area (Å²) < 4.78 is 10.6. The molecule has 25 heavy (non-hydrogen) atoms. The zero-order valence-corrected chi connectivity index (χ0v) is 15.9. The molecule has 8 heteroatoms. The second kappa shape index (κ2) is 9.07. The number of nitrogens with zero attached hydrogens (tertiary/aromatic N) is 2. The summed E-state index contributed by atoms with van der Waals surface area (Å²) in [5.41, 5.74) is 0.826. The monoisotopic (exact) mass is 367 g/mol. The van der Waals surface area contributed by atoms with Crippen LogP contribution in [0.1, 0.15) is 34.9 Å². The number of esters is 1. The van der Waals surface area contributed by atoms with Gasteiger partial charge >= 0.3 is 5.97 Å². The number of hydrogen-bond acceptors (Lipinski definition) is 8. The molecule has 2 N–H and O–H groups in total. The molecule has 0 aliphatic carbocycles. The highest BCUT2D eigenvalue weighted by molar-refractivity contribution is 7.20. The Kier molecular flexibility index (Phi) is 7.10. The lowest BCUT2D eigenvalue weighted by Crippen LogP contribution is -2.13. The SMILES string of the molecule is Cc1nc(NCCOCCO)c2c(C)c(C(=O)OCC(C)C)sc2n1. The number of hydrogen-bond donors (Lipinski definition) is 2. The Balaban J connectivity index is 2.23. The van der Waals surface area contributed by atoms with Crippen LogP contribution >= 0.6 is 11.3 Å². The fourth-order valence-electron chi connectivity index (χ4n) is 2.28. The molecular formula is C17H25N3O4S. The van der Waals surface area contributed by atoms with E-state index < -0.39 is 0 Å². The van der Waals surface area contributed by atoms with Crippen molar-refractivity contribution >= 4 is 33.3 Å². The smallest absolute Gasteiger partial charge is 0.348 e. The predicted molar refractivity (Wildman–Crippen MR) is 98.4 cm³/mol. The summed E-state index contributed by atoms with van der Waals surface area (Å²) >= 11 is 1.33. The molecule has 138 valence electrons. The summed E-state index contributed by atoms with van der Waals surface area (Å²) in [6, 6.07) is 0. The van der Waals surface area contributed by atoms with Gasteiger partial charge in [-0.25, -0.2) is 14.8 Å². The Hall–Kier alpha value is -1.77. The average Bonchev–Trinajstić information content (AvgIpc) is 2.89. The van der Waals surface area contributed by atoms with Crippen molar-refractivity contribution in [2.75, 3.05) is 38.3 Å². The predicted octanol–water partition coefficient (Wildman–Crippen LogP) is 2.54. The lowest BCUT2D eigenvalue weighted by molar-refractivity contribution is 0.0464. The summed E-state index contributed by atoms with van der Waals surface area (Å²) in [6.45, 7) is 9.42. The van der Waals surface area contributed by atoms with Gasteiger partial charge in [-0.15, -0.1) is 11.3 Å². The average molecular weight is 367 g/mol. The molecule has 2 rings (SSSR count). The van der Waals surface area contributed by atoms with Crippen molar-refractivity contribution in [3.8, 4) is 0 Å². The number of aryl methyl sites for hydroxylation is 2. The number of carbonyl (C=O) groups excluding carboxylic acids is 1. The van der Waals surface area contributed by atoms with Gasteiger partial charge < -0.3 is 19.9 Å². The number of ether oxygens (including phenoxy) is 2. The molecule has 0 atom stereocenters. The molecule has 0 aliphatic heterocycles. The van der Waals surface area contributed by atoms with Gasteiger partial charge in [0.15, 0.2) is 0 Å². The minimum atomic E-state index is -0.316. The van der Waals surface area contributed by atoms with Crippen molar-refractivity contribution in [3.05, 3.63) is 16.3 Å².